The summed E-state index contributed by atoms with van der Waals surface area (Å²) in [4.78, 5) is 4.54. The summed E-state index contributed by atoms with van der Waals surface area (Å²) in [5, 5.41) is 5.20. The average molecular weight is 327 g/mol. The summed E-state index contributed by atoms with van der Waals surface area (Å²) >= 11 is 1.62. The maximum Gasteiger partial charge on any atom is 0.182 e. The van der Waals surface area contributed by atoms with E-state index >= 15 is 0 Å². The predicted octanol–water partition coefficient (Wildman–Crippen LogP) is 3.43. The van der Waals surface area contributed by atoms with Crippen molar-refractivity contribution in [3.8, 4) is 11.5 Å². The second-order valence-electron chi connectivity index (χ2n) is 4.81. The molecule has 0 amide bonds. The predicted molar refractivity (Wildman–Crippen MR) is 95.2 cm³/mol. The molecule has 0 saturated carbocycles. The fourth-order valence-electron chi connectivity index (χ4n) is 2.10. The molecule has 0 atom stereocenters. The van der Waals surface area contributed by atoms with Gasteiger partial charge in [-0.25, -0.2) is 4.99 Å². The van der Waals surface area contributed by atoms with Crippen molar-refractivity contribution in [3.05, 3.63) is 54.1 Å². The number of aliphatic imine (C=N–C) groups is 1. The van der Waals surface area contributed by atoms with Crippen molar-refractivity contribution in [1.82, 2.24) is 5.43 Å². The first-order valence-electron chi connectivity index (χ1n) is 7.11. The Bertz CT molecular complexity index is 742. The summed E-state index contributed by atoms with van der Waals surface area (Å²) in [6.45, 7) is 0. The summed E-state index contributed by atoms with van der Waals surface area (Å²) in [6, 6.07) is 15.5. The highest BCUT2D eigenvalue weighted by Crippen LogP contribution is 2.22. The third-order valence-corrected chi connectivity index (χ3v) is 4.21. The van der Waals surface area contributed by atoms with Crippen molar-refractivity contribution in [2.45, 2.75) is 0 Å². The van der Waals surface area contributed by atoms with Gasteiger partial charge in [-0.15, -0.1) is 0 Å². The lowest BCUT2D eigenvalue weighted by Crippen LogP contribution is -2.25. The second-order valence-corrected chi connectivity index (χ2v) is 5.77. The Balaban J connectivity index is 1.72. The van der Waals surface area contributed by atoms with E-state index < -0.39 is 0 Å². The number of nitrogens with zero attached hydrogens (tertiary/aromatic N) is 2. The summed E-state index contributed by atoms with van der Waals surface area (Å²) < 4.78 is 10.4. The minimum Gasteiger partial charge on any atom is -0.497 e. The standard InChI is InChI=1S/C17H17N3O2S/c1-21-14-8-6-13(7-9-14)18-17-20-19-16(11-23-17)12-4-3-5-15(10-12)22-2/h3-10H,11H2,1-2H3,(H,18,20). The Morgan fingerprint density at radius 2 is 1.83 bits per heavy atom. The highest BCUT2D eigenvalue weighted by Gasteiger charge is 2.13. The summed E-state index contributed by atoms with van der Waals surface area (Å²) in [7, 11) is 3.31. The zero-order chi connectivity index (χ0) is 16.1. The van der Waals surface area contributed by atoms with Gasteiger partial charge in [0.15, 0.2) is 5.17 Å². The van der Waals surface area contributed by atoms with Gasteiger partial charge in [-0.1, -0.05) is 23.9 Å². The van der Waals surface area contributed by atoms with Crippen LogP contribution in [0.15, 0.2) is 58.6 Å². The van der Waals surface area contributed by atoms with Crippen molar-refractivity contribution in [2.24, 2.45) is 10.1 Å². The molecule has 2 aromatic carbocycles. The van der Waals surface area contributed by atoms with Crippen LogP contribution in [0.3, 0.4) is 0 Å². The lowest BCUT2D eigenvalue weighted by Gasteiger charge is -2.15. The van der Waals surface area contributed by atoms with Gasteiger partial charge in [0.25, 0.3) is 0 Å². The van der Waals surface area contributed by atoms with Gasteiger partial charge in [0.05, 0.1) is 25.6 Å². The van der Waals surface area contributed by atoms with E-state index in [4.69, 9.17) is 9.47 Å². The fraction of sp³-hybridized carbons (Fsp3) is 0.176. The number of hydrazone groups is 1. The largest absolute Gasteiger partial charge is 0.497 e. The van der Waals surface area contributed by atoms with E-state index in [-0.39, 0.29) is 0 Å². The van der Waals surface area contributed by atoms with Crippen molar-refractivity contribution < 1.29 is 9.47 Å². The molecule has 0 saturated heterocycles. The fourth-order valence-corrected chi connectivity index (χ4v) is 2.88. The number of hydrogen-bond donors (Lipinski definition) is 1. The highest BCUT2D eigenvalue weighted by molar-refractivity contribution is 8.14. The number of thioether (sulfide) groups is 1. The Kier molecular flexibility index (Phi) is 4.83. The third-order valence-electron chi connectivity index (χ3n) is 3.34. The minimum atomic E-state index is 0.759. The van der Waals surface area contributed by atoms with Gasteiger partial charge >= 0.3 is 0 Å². The molecule has 1 aliphatic rings. The van der Waals surface area contributed by atoms with Crippen LogP contribution in [0.1, 0.15) is 5.56 Å². The van der Waals surface area contributed by atoms with Crippen molar-refractivity contribution in [3.63, 3.8) is 0 Å². The van der Waals surface area contributed by atoms with E-state index in [1.165, 1.54) is 0 Å². The third kappa shape index (κ3) is 3.84. The molecule has 2 aromatic rings. The molecule has 0 aliphatic carbocycles. The minimum absolute atomic E-state index is 0.759. The molecule has 6 heteroatoms. The molecule has 5 nitrogen and oxygen atoms in total. The van der Waals surface area contributed by atoms with Gasteiger partial charge in [-0.2, -0.15) is 5.10 Å². The zero-order valence-corrected chi connectivity index (χ0v) is 13.8. The molecule has 118 valence electrons. The van der Waals surface area contributed by atoms with Crippen LogP contribution in [0.4, 0.5) is 5.69 Å². The first kappa shape index (κ1) is 15.4. The smallest absolute Gasteiger partial charge is 0.182 e. The Hall–Kier alpha value is -2.47. The van der Waals surface area contributed by atoms with Crippen LogP contribution in [0.5, 0.6) is 11.5 Å². The zero-order valence-electron chi connectivity index (χ0n) is 12.9. The number of ether oxygens (including phenoxy) is 2. The van der Waals surface area contributed by atoms with Gasteiger partial charge < -0.3 is 9.47 Å². The van der Waals surface area contributed by atoms with E-state index in [1.807, 2.05) is 48.5 Å². The van der Waals surface area contributed by atoms with Gasteiger partial charge in [0, 0.05) is 11.3 Å². The molecule has 1 N–H and O–H groups in total. The number of rotatable bonds is 4. The monoisotopic (exact) mass is 327 g/mol. The molecular formula is C17H17N3O2S. The van der Waals surface area contributed by atoms with E-state index in [9.17, 15) is 0 Å². The maximum atomic E-state index is 5.25. The Morgan fingerprint density at radius 3 is 2.48 bits per heavy atom. The molecule has 23 heavy (non-hydrogen) atoms. The molecule has 0 spiro atoms. The van der Waals surface area contributed by atoms with E-state index in [0.717, 1.165) is 39.4 Å². The molecule has 1 heterocycles. The van der Waals surface area contributed by atoms with E-state index in [0.29, 0.717) is 0 Å². The van der Waals surface area contributed by atoms with Gasteiger partial charge in [-0.3, -0.25) is 5.43 Å². The van der Waals surface area contributed by atoms with E-state index in [1.54, 1.807) is 26.0 Å². The molecule has 0 radical (unpaired) electrons. The molecule has 0 unspecified atom stereocenters. The molecular weight excluding hydrogens is 310 g/mol. The highest BCUT2D eigenvalue weighted by atomic mass is 32.2. The van der Waals surface area contributed by atoms with Crippen molar-refractivity contribution in [2.75, 3.05) is 20.0 Å². The number of hydrogen-bond acceptors (Lipinski definition) is 5. The average Bonchev–Trinajstić information content (AvgIpc) is 2.63. The Labute approximate surface area is 139 Å². The van der Waals surface area contributed by atoms with Crippen LogP contribution in [0.25, 0.3) is 0 Å². The quantitative estimate of drug-likeness (QED) is 0.935. The summed E-state index contributed by atoms with van der Waals surface area (Å²) in [6.07, 6.45) is 0. The van der Waals surface area contributed by atoms with Crippen LogP contribution < -0.4 is 14.9 Å². The Morgan fingerprint density at radius 1 is 1.04 bits per heavy atom. The summed E-state index contributed by atoms with van der Waals surface area (Å²) in [5.41, 5.74) is 5.90. The van der Waals surface area contributed by atoms with E-state index in [2.05, 4.69) is 15.5 Å². The van der Waals surface area contributed by atoms with Crippen LogP contribution in [0, 0.1) is 0 Å². The van der Waals surface area contributed by atoms with Crippen LogP contribution in [0.2, 0.25) is 0 Å². The van der Waals surface area contributed by atoms with Crippen LogP contribution in [-0.4, -0.2) is 30.9 Å². The normalized spacial score (nSPS) is 15.7. The van der Waals surface area contributed by atoms with Crippen LogP contribution >= 0.6 is 11.8 Å². The SMILES string of the molecule is COc1ccc(N=C2NN=C(c3cccc(OC)c3)CS2)cc1. The second kappa shape index (κ2) is 7.19. The number of amidine groups is 1. The number of methoxy groups -OCH3 is 2. The first-order valence-corrected chi connectivity index (χ1v) is 8.09. The van der Waals surface area contributed by atoms with Gasteiger partial charge in [0.1, 0.15) is 11.5 Å². The number of nitrogens with one attached hydrogen (secondary N) is 1. The van der Waals surface area contributed by atoms with Crippen molar-refractivity contribution >= 4 is 28.3 Å². The first-order chi connectivity index (χ1) is 11.3. The van der Waals surface area contributed by atoms with Gasteiger partial charge in [0.2, 0.25) is 0 Å². The molecule has 3 rings (SSSR count). The lowest BCUT2D eigenvalue weighted by molar-refractivity contribution is 0.414. The summed E-state index contributed by atoms with van der Waals surface area (Å²) in [5.74, 6) is 2.40. The van der Waals surface area contributed by atoms with Crippen molar-refractivity contribution in [1.29, 1.82) is 0 Å². The lowest BCUT2D eigenvalue weighted by atomic mass is 10.1. The molecule has 0 aromatic heterocycles. The topological polar surface area (TPSA) is 55.2 Å². The number of benzene rings is 2. The maximum absolute atomic E-state index is 5.25. The molecule has 0 fully saturated rings. The molecule has 1 aliphatic heterocycles. The molecule has 0 bridgehead atoms. The van der Waals surface area contributed by atoms with Crippen LogP contribution in [-0.2, 0) is 0 Å². The van der Waals surface area contributed by atoms with Gasteiger partial charge in [-0.05, 0) is 36.4 Å².